The Hall–Kier alpha value is -1.98. The van der Waals surface area contributed by atoms with Crippen molar-refractivity contribution in [3.05, 3.63) is 53.6 Å². The Bertz CT molecular complexity index is 619. The first-order valence-corrected chi connectivity index (χ1v) is 8.47. The summed E-state index contributed by atoms with van der Waals surface area (Å²) >= 11 is 0. The van der Waals surface area contributed by atoms with E-state index in [1.54, 1.807) is 0 Å². The standard InChI is InChI=1S/C22H31NO/c1-19(2)13-16-24-21-12-10-11-20(17-21)18-23(6)15-9-7-8-14-22(3,4)5/h7,9-13,17H,15-16,18H2,1-6H3. The molecule has 0 aliphatic rings. The monoisotopic (exact) mass is 325 g/mol. The molecule has 1 aromatic carbocycles. The fourth-order valence-electron chi connectivity index (χ4n) is 1.96. The molecule has 0 spiro atoms. The highest BCUT2D eigenvalue weighted by Crippen LogP contribution is 2.15. The number of hydrogen-bond acceptors (Lipinski definition) is 2. The molecule has 0 heterocycles. The first-order chi connectivity index (χ1) is 11.3. The van der Waals surface area contributed by atoms with Crippen LogP contribution in [0.2, 0.25) is 0 Å². The van der Waals surface area contributed by atoms with Crippen LogP contribution in [0, 0.1) is 17.3 Å². The van der Waals surface area contributed by atoms with E-state index >= 15 is 0 Å². The van der Waals surface area contributed by atoms with Crippen LogP contribution in [0.4, 0.5) is 0 Å². The van der Waals surface area contributed by atoms with Gasteiger partial charge in [0.25, 0.3) is 0 Å². The summed E-state index contributed by atoms with van der Waals surface area (Å²) in [5, 5.41) is 0. The molecule has 0 amide bonds. The molecule has 0 aliphatic carbocycles. The number of nitrogens with zero attached hydrogens (tertiary/aromatic N) is 1. The van der Waals surface area contributed by atoms with Gasteiger partial charge in [-0.2, -0.15) is 0 Å². The number of likely N-dealkylation sites (N-methyl/N-ethyl adjacent to an activating group) is 1. The van der Waals surface area contributed by atoms with Gasteiger partial charge in [0.05, 0.1) is 0 Å². The highest BCUT2D eigenvalue weighted by molar-refractivity contribution is 5.28. The predicted molar refractivity (Wildman–Crippen MR) is 104 cm³/mol. The minimum Gasteiger partial charge on any atom is -0.490 e. The van der Waals surface area contributed by atoms with Gasteiger partial charge in [-0.05, 0) is 71.5 Å². The minimum atomic E-state index is 0.0577. The van der Waals surface area contributed by atoms with Crippen LogP contribution in [-0.4, -0.2) is 25.1 Å². The Kier molecular flexibility index (Phi) is 8.36. The van der Waals surface area contributed by atoms with Crippen LogP contribution in [0.5, 0.6) is 5.75 Å². The largest absolute Gasteiger partial charge is 0.490 e. The van der Waals surface area contributed by atoms with Crippen molar-refractivity contribution in [1.82, 2.24) is 4.90 Å². The normalized spacial score (nSPS) is 11.3. The van der Waals surface area contributed by atoms with Gasteiger partial charge in [-0.25, -0.2) is 0 Å². The molecule has 0 aromatic heterocycles. The summed E-state index contributed by atoms with van der Waals surface area (Å²) in [5.74, 6) is 7.23. The molecule has 130 valence electrons. The Morgan fingerprint density at radius 2 is 2.00 bits per heavy atom. The van der Waals surface area contributed by atoms with E-state index < -0.39 is 0 Å². The third-order valence-electron chi connectivity index (χ3n) is 3.16. The van der Waals surface area contributed by atoms with Crippen LogP contribution in [0.1, 0.15) is 40.2 Å². The molecular formula is C22H31NO. The lowest BCUT2D eigenvalue weighted by Gasteiger charge is -2.15. The summed E-state index contributed by atoms with van der Waals surface area (Å²) < 4.78 is 5.76. The van der Waals surface area contributed by atoms with Crippen molar-refractivity contribution in [1.29, 1.82) is 0 Å². The van der Waals surface area contributed by atoms with Crippen molar-refractivity contribution in [2.45, 2.75) is 41.2 Å². The number of hydrogen-bond donors (Lipinski definition) is 0. The summed E-state index contributed by atoms with van der Waals surface area (Å²) in [6, 6.07) is 8.29. The first kappa shape index (κ1) is 20.1. The molecule has 0 unspecified atom stereocenters. The fraction of sp³-hybridized carbons (Fsp3) is 0.455. The van der Waals surface area contributed by atoms with Gasteiger partial charge >= 0.3 is 0 Å². The smallest absolute Gasteiger partial charge is 0.120 e. The number of benzene rings is 1. The van der Waals surface area contributed by atoms with Crippen LogP contribution >= 0.6 is 0 Å². The Balaban J connectivity index is 2.49. The van der Waals surface area contributed by atoms with Gasteiger partial charge in [-0.15, -0.1) is 0 Å². The first-order valence-electron chi connectivity index (χ1n) is 8.47. The van der Waals surface area contributed by atoms with Crippen molar-refractivity contribution in [2.24, 2.45) is 5.41 Å². The molecule has 1 aromatic rings. The molecule has 0 aliphatic heterocycles. The Morgan fingerprint density at radius 1 is 1.25 bits per heavy atom. The van der Waals surface area contributed by atoms with Gasteiger partial charge in [-0.3, -0.25) is 4.90 Å². The zero-order chi connectivity index (χ0) is 18.0. The van der Waals surface area contributed by atoms with Crippen LogP contribution in [0.3, 0.4) is 0 Å². The Morgan fingerprint density at radius 3 is 2.67 bits per heavy atom. The van der Waals surface area contributed by atoms with Crippen LogP contribution in [0.15, 0.2) is 48.1 Å². The number of rotatable bonds is 7. The van der Waals surface area contributed by atoms with Gasteiger partial charge in [0, 0.05) is 18.5 Å². The summed E-state index contributed by atoms with van der Waals surface area (Å²) in [6.45, 7) is 12.9. The number of ether oxygens (including phenoxy) is 1. The molecule has 1 rings (SSSR count). The van der Waals surface area contributed by atoms with E-state index in [1.807, 2.05) is 18.2 Å². The van der Waals surface area contributed by atoms with Gasteiger partial charge in [-0.1, -0.05) is 35.6 Å². The quantitative estimate of drug-likeness (QED) is 0.512. The van der Waals surface area contributed by atoms with Crippen LogP contribution in [-0.2, 0) is 6.54 Å². The zero-order valence-electron chi connectivity index (χ0n) is 16.0. The molecule has 2 nitrogen and oxygen atoms in total. The van der Waals surface area contributed by atoms with Crippen molar-refractivity contribution in [3.63, 3.8) is 0 Å². The maximum Gasteiger partial charge on any atom is 0.120 e. The summed E-state index contributed by atoms with van der Waals surface area (Å²) in [7, 11) is 2.11. The SMILES string of the molecule is CC(C)=CCOc1cccc(CN(C)CC=CC#CC(C)(C)C)c1. The Labute approximate surface area is 148 Å². The lowest BCUT2D eigenvalue weighted by molar-refractivity contribution is 0.352. The van der Waals surface area contributed by atoms with Crippen LogP contribution in [0.25, 0.3) is 0 Å². The predicted octanol–water partition coefficient (Wildman–Crippen LogP) is 5.07. The van der Waals surface area contributed by atoms with Gasteiger partial charge in [0.1, 0.15) is 12.4 Å². The van der Waals surface area contributed by atoms with Crippen molar-refractivity contribution < 1.29 is 4.74 Å². The molecule has 0 saturated carbocycles. The van der Waals surface area contributed by atoms with E-state index in [2.05, 4.69) is 82.7 Å². The fourth-order valence-corrected chi connectivity index (χ4v) is 1.96. The van der Waals surface area contributed by atoms with E-state index in [0.29, 0.717) is 6.61 Å². The molecule has 0 bridgehead atoms. The zero-order valence-corrected chi connectivity index (χ0v) is 16.0. The molecule has 0 atom stereocenters. The van der Waals surface area contributed by atoms with E-state index in [0.717, 1.165) is 18.8 Å². The second kappa shape index (κ2) is 10.0. The summed E-state index contributed by atoms with van der Waals surface area (Å²) in [4.78, 5) is 2.25. The highest BCUT2D eigenvalue weighted by atomic mass is 16.5. The maximum absolute atomic E-state index is 5.76. The molecule has 0 saturated heterocycles. The third kappa shape index (κ3) is 9.92. The van der Waals surface area contributed by atoms with Crippen molar-refractivity contribution in [3.8, 4) is 17.6 Å². The highest BCUT2D eigenvalue weighted by Gasteiger charge is 2.02. The van der Waals surface area contributed by atoms with E-state index in [1.165, 1.54) is 11.1 Å². The average Bonchev–Trinajstić information content (AvgIpc) is 2.45. The van der Waals surface area contributed by atoms with E-state index in [-0.39, 0.29) is 5.41 Å². The lowest BCUT2D eigenvalue weighted by atomic mass is 9.98. The minimum absolute atomic E-state index is 0.0577. The number of allylic oxidation sites excluding steroid dienone is 2. The molecular weight excluding hydrogens is 294 g/mol. The molecule has 2 heteroatoms. The summed E-state index contributed by atoms with van der Waals surface area (Å²) in [5.41, 5.74) is 2.58. The van der Waals surface area contributed by atoms with E-state index in [4.69, 9.17) is 4.74 Å². The third-order valence-corrected chi connectivity index (χ3v) is 3.16. The van der Waals surface area contributed by atoms with Crippen molar-refractivity contribution in [2.75, 3.05) is 20.2 Å². The molecule has 0 fully saturated rings. The summed E-state index contributed by atoms with van der Waals surface area (Å²) in [6.07, 6.45) is 6.14. The van der Waals surface area contributed by atoms with E-state index in [9.17, 15) is 0 Å². The van der Waals surface area contributed by atoms with Crippen molar-refractivity contribution >= 4 is 0 Å². The second-order valence-corrected chi connectivity index (χ2v) is 7.36. The van der Waals surface area contributed by atoms with Gasteiger partial charge < -0.3 is 4.74 Å². The van der Waals surface area contributed by atoms with Crippen LogP contribution < -0.4 is 4.74 Å². The lowest BCUT2D eigenvalue weighted by Crippen LogP contribution is -2.17. The topological polar surface area (TPSA) is 12.5 Å². The average molecular weight is 325 g/mol. The maximum atomic E-state index is 5.76. The molecule has 0 N–H and O–H groups in total. The second-order valence-electron chi connectivity index (χ2n) is 7.36. The van der Waals surface area contributed by atoms with Gasteiger partial charge in [0.15, 0.2) is 0 Å². The molecule has 24 heavy (non-hydrogen) atoms. The molecule has 0 radical (unpaired) electrons. The van der Waals surface area contributed by atoms with Gasteiger partial charge in [0.2, 0.25) is 0 Å².